The minimum Gasteiger partial charge on any atom is -0.465 e. The van der Waals surface area contributed by atoms with Gasteiger partial charge in [0.25, 0.3) is 0 Å². The fraction of sp³-hybridized carbons (Fsp3) is 0.643. The Morgan fingerprint density at radius 1 is 1.60 bits per heavy atom. The highest BCUT2D eigenvalue weighted by atomic mass is 32.2. The molecule has 0 bridgehead atoms. The second-order valence-electron chi connectivity index (χ2n) is 4.86. The van der Waals surface area contributed by atoms with Crippen LogP contribution in [0.2, 0.25) is 0 Å². The van der Waals surface area contributed by atoms with E-state index in [-0.39, 0.29) is 5.97 Å². The lowest BCUT2D eigenvalue weighted by molar-refractivity contribution is -0.151. The fourth-order valence-electron chi connectivity index (χ4n) is 2.65. The van der Waals surface area contributed by atoms with Crippen molar-refractivity contribution in [3.8, 4) is 0 Å². The van der Waals surface area contributed by atoms with Gasteiger partial charge in [0.05, 0.1) is 11.6 Å². The van der Waals surface area contributed by atoms with Crippen LogP contribution < -0.4 is 5.32 Å². The van der Waals surface area contributed by atoms with Gasteiger partial charge in [0.1, 0.15) is 11.9 Å². The molecule has 1 aromatic rings. The highest BCUT2D eigenvalue weighted by Crippen LogP contribution is 2.40. The smallest absolute Gasteiger partial charge is 0.326 e. The number of nitrogens with one attached hydrogen (secondary N) is 1. The van der Waals surface area contributed by atoms with Crippen molar-refractivity contribution in [2.75, 3.05) is 13.2 Å². The standard InChI is InChI=1S/C14H21N3O2S/c1-3-17-14(13(18)19-4-2)7-5-11(9-14)20-12-6-8-15-10-16-12/h6,8,10-11,17H,3-5,7,9H2,1-2H3. The molecule has 0 aliphatic heterocycles. The summed E-state index contributed by atoms with van der Waals surface area (Å²) in [5, 5.41) is 4.68. The third-order valence-electron chi connectivity index (χ3n) is 3.49. The number of carbonyl (C=O) groups is 1. The number of ether oxygens (including phenoxy) is 1. The van der Waals surface area contributed by atoms with Crippen molar-refractivity contribution < 1.29 is 9.53 Å². The molecule has 1 aliphatic rings. The number of hydrogen-bond donors (Lipinski definition) is 1. The average molecular weight is 295 g/mol. The Labute approximate surface area is 123 Å². The Balaban J connectivity index is 2.02. The molecule has 0 saturated heterocycles. The van der Waals surface area contributed by atoms with Crippen LogP contribution in [0.3, 0.4) is 0 Å². The third kappa shape index (κ3) is 3.49. The number of hydrogen-bond acceptors (Lipinski definition) is 6. The van der Waals surface area contributed by atoms with Gasteiger partial charge in [-0.25, -0.2) is 9.97 Å². The monoisotopic (exact) mass is 295 g/mol. The van der Waals surface area contributed by atoms with Crippen LogP contribution in [0.1, 0.15) is 33.1 Å². The Bertz CT molecular complexity index is 443. The molecule has 2 unspecified atom stereocenters. The summed E-state index contributed by atoms with van der Waals surface area (Å²) in [6.45, 7) is 5.06. The molecule has 1 aromatic heterocycles. The SMILES string of the molecule is CCNC1(C(=O)OCC)CCC(Sc2ccncn2)C1. The first-order valence-electron chi connectivity index (χ1n) is 7.05. The third-order valence-corrected chi connectivity index (χ3v) is 4.71. The molecule has 5 nitrogen and oxygen atoms in total. The summed E-state index contributed by atoms with van der Waals surface area (Å²) >= 11 is 1.72. The zero-order valence-electron chi connectivity index (χ0n) is 12.0. The molecule has 1 fully saturated rings. The summed E-state index contributed by atoms with van der Waals surface area (Å²) < 4.78 is 5.24. The van der Waals surface area contributed by atoms with Gasteiger partial charge >= 0.3 is 5.97 Å². The lowest BCUT2D eigenvalue weighted by Crippen LogP contribution is -2.51. The quantitative estimate of drug-likeness (QED) is 0.640. The minimum absolute atomic E-state index is 0.118. The first-order chi connectivity index (χ1) is 9.70. The summed E-state index contributed by atoms with van der Waals surface area (Å²) in [6.07, 6.45) is 5.89. The molecule has 6 heteroatoms. The zero-order valence-corrected chi connectivity index (χ0v) is 12.8. The molecule has 0 spiro atoms. The second-order valence-corrected chi connectivity index (χ2v) is 6.18. The van der Waals surface area contributed by atoms with Crippen LogP contribution in [0.15, 0.2) is 23.6 Å². The summed E-state index contributed by atoms with van der Waals surface area (Å²) in [7, 11) is 0. The van der Waals surface area contributed by atoms with E-state index >= 15 is 0 Å². The van der Waals surface area contributed by atoms with Crippen molar-refractivity contribution in [3.05, 3.63) is 18.6 Å². The van der Waals surface area contributed by atoms with Crippen LogP contribution >= 0.6 is 11.8 Å². The highest BCUT2D eigenvalue weighted by Gasteiger charge is 2.46. The Hall–Kier alpha value is -1.14. The van der Waals surface area contributed by atoms with E-state index < -0.39 is 5.54 Å². The lowest BCUT2D eigenvalue weighted by atomic mass is 9.98. The van der Waals surface area contributed by atoms with Crippen molar-refractivity contribution in [1.82, 2.24) is 15.3 Å². The minimum atomic E-state index is -0.518. The molecule has 1 saturated carbocycles. The Kier molecular flexibility index (Phi) is 5.37. The van der Waals surface area contributed by atoms with E-state index in [0.717, 1.165) is 30.8 Å². The number of aromatic nitrogens is 2. The molecule has 0 amide bonds. The van der Waals surface area contributed by atoms with Crippen molar-refractivity contribution in [1.29, 1.82) is 0 Å². The van der Waals surface area contributed by atoms with E-state index in [1.807, 2.05) is 19.9 Å². The normalized spacial score (nSPS) is 25.6. The predicted molar refractivity (Wildman–Crippen MR) is 78.6 cm³/mol. The maximum absolute atomic E-state index is 12.2. The topological polar surface area (TPSA) is 64.1 Å². The van der Waals surface area contributed by atoms with Gasteiger partial charge in [-0.15, -0.1) is 11.8 Å². The largest absolute Gasteiger partial charge is 0.465 e. The second kappa shape index (κ2) is 7.04. The first kappa shape index (κ1) is 15.3. The van der Waals surface area contributed by atoms with E-state index in [4.69, 9.17) is 4.74 Å². The maximum Gasteiger partial charge on any atom is 0.326 e. The van der Waals surface area contributed by atoms with Crippen LogP contribution in [-0.2, 0) is 9.53 Å². The van der Waals surface area contributed by atoms with Gasteiger partial charge in [-0.1, -0.05) is 6.92 Å². The number of likely N-dealkylation sites (N-methyl/N-ethyl adjacent to an activating group) is 1. The maximum atomic E-state index is 12.2. The van der Waals surface area contributed by atoms with Crippen LogP contribution in [0, 0.1) is 0 Å². The molecular formula is C14H21N3O2S. The summed E-state index contributed by atoms with van der Waals surface area (Å²) in [4.78, 5) is 20.4. The van der Waals surface area contributed by atoms with Crippen LogP contribution in [0.5, 0.6) is 0 Å². The van der Waals surface area contributed by atoms with E-state index in [1.165, 1.54) is 0 Å². The van der Waals surface area contributed by atoms with Crippen LogP contribution in [0.25, 0.3) is 0 Å². The number of esters is 1. The van der Waals surface area contributed by atoms with Crippen molar-refractivity contribution in [3.63, 3.8) is 0 Å². The molecule has 1 heterocycles. The number of carbonyl (C=O) groups excluding carboxylic acids is 1. The Morgan fingerprint density at radius 2 is 2.45 bits per heavy atom. The van der Waals surface area contributed by atoms with Gasteiger partial charge in [0, 0.05) is 11.4 Å². The number of thioether (sulfide) groups is 1. The van der Waals surface area contributed by atoms with Crippen molar-refractivity contribution in [2.45, 2.75) is 48.9 Å². The van der Waals surface area contributed by atoms with Gasteiger partial charge in [-0.3, -0.25) is 4.79 Å². The van der Waals surface area contributed by atoms with Crippen LogP contribution in [-0.4, -0.2) is 39.9 Å². The fourth-order valence-corrected chi connectivity index (χ4v) is 3.84. The summed E-state index contributed by atoms with van der Waals surface area (Å²) in [6, 6.07) is 1.91. The van der Waals surface area contributed by atoms with E-state index in [2.05, 4.69) is 15.3 Å². The molecule has 2 atom stereocenters. The number of rotatable bonds is 6. The van der Waals surface area contributed by atoms with E-state index in [1.54, 1.807) is 24.3 Å². The van der Waals surface area contributed by atoms with Gasteiger partial charge in [0.15, 0.2) is 0 Å². The molecule has 0 radical (unpaired) electrons. The first-order valence-corrected chi connectivity index (χ1v) is 7.93. The van der Waals surface area contributed by atoms with E-state index in [0.29, 0.717) is 11.9 Å². The molecule has 20 heavy (non-hydrogen) atoms. The van der Waals surface area contributed by atoms with Gasteiger partial charge in [0.2, 0.25) is 0 Å². The molecule has 1 aliphatic carbocycles. The molecule has 0 aromatic carbocycles. The summed E-state index contributed by atoms with van der Waals surface area (Å²) in [5.41, 5.74) is -0.518. The summed E-state index contributed by atoms with van der Waals surface area (Å²) in [5.74, 6) is -0.118. The predicted octanol–water partition coefficient (Wildman–Crippen LogP) is 2.03. The lowest BCUT2D eigenvalue weighted by Gasteiger charge is -2.27. The van der Waals surface area contributed by atoms with Crippen molar-refractivity contribution >= 4 is 17.7 Å². The molecule has 110 valence electrons. The molecule has 1 N–H and O–H groups in total. The average Bonchev–Trinajstić information content (AvgIpc) is 2.85. The van der Waals surface area contributed by atoms with E-state index in [9.17, 15) is 4.79 Å². The number of nitrogens with zero attached hydrogens (tertiary/aromatic N) is 2. The van der Waals surface area contributed by atoms with Gasteiger partial charge in [-0.2, -0.15) is 0 Å². The van der Waals surface area contributed by atoms with Gasteiger partial charge < -0.3 is 10.1 Å². The van der Waals surface area contributed by atoms with Crippen LogP contribution in [0.4, 0.5) is 0 Å². The molecular weight excluding hydrogens is 274 g/mol. The zero-order chi connectivity index (χ0) is 14.4. The Morgan fingerprint density at radius 3 is 3.10 bits per heavy atom. The van der Waals surface area contributed by atoms with Crippen molar-refractivity contribution in [2.24, 2.45) is 0 Å². The molecule has 2 rings (SSSR count). The van der Waals surface area contributed by atoms with Gasteiger partial charge in [-0.05, 0) is 38.8 Å². The highest BCUT2D eigenvalue weighted by molar-refractivity contribution is 7.99.